The minimum absolute atomic E-state index is 0.109. The molecule has 3 nitrogen and oxygen atoms in total. The molecule has 2 rings (SSSR count). The van der Waals surface area contributed by atoms with Gasteiger partial charge in [-0.3, -0.25) is 0 Å². The molecule has 2 unspecified atom stereocenters. The quantitative estimate of drug-likeness (QED) is 0.875. The van der Waals surface area contributed by atoms with Crippen LogP contribution in [0.2, 0.25) is 0 Å². The van der Waals surface area contributed by atoms with Gasteiger partial charge in [-0.2, -0.15) is 0 Å². The van der Waals surface area contributed by atoms with E-state index < -0.39 is 0 Å². The van der Waals surface area contributed by atoms with Crippen molar-refractivity contribution in [1.82, 2.24) is 5.32 Å². The number of piperidine rings is 1. The number of halogens is 1. The van der Waals surface area contributed by atoms with E-state index in [1.807, 2.05) is 6.07 Å². The summed E-state index contributed by atoms with van der Waals surface area (Å²) < 4.78 is 13.7. The molecule has 2 N–H and O–H groups in total. The Morgan fingerprint density at radius 2 is 2.00 bits per heavy atom. The minimum atomic E-state index is -0.194. The number of nitrogens with one attached hydrogen (secondary N) is 1. The number of anilines is 1. The third kappa shape index (κ3) is 4.17. The SMILES string of the molecule is CCC(C)NC(C)c1cc(F)ccc1N1CCC(O)CC1. The van der Waals surface area contributed by atoms with Gasteiger partial charge in [0.15, 0.2) is 0 Å². The molecule has 1 saturated heterocycles. The summed E-state index contributed by atoms with van der Waals surface area (Å²) in [7, 11) is 0. The zero-order valence-corrected chi connectivity index (χ0v) is 13.3. The Kier molecular flexibility index (Phi) is 5.59. The number of nitrogens with zero attached hydrogens (tertiary/aromatic N) is 1. The van der Waals surface area contributed by atoms with E-state index in [1.165, 1.54) is 6.07 Å². The lowest BCUT2D eigenvalue weighted by Crippen LogP contribution is -2.37. The largest absolute Gasteiger partial charge is 0.393 e. The van der Waals surface area contributed by atoms with Crippen molar-refractivity contribution < 1.29 is 9.50 Å². The maximum absolute atomic E-state index is 13.7. The van der Waals surface area contributed by atoms with Gasteiger partial charge in [0.25, 0.3) is 0 Å². The third-order valence-electron chi connectivity index (χ3n) is 4.41. The van der Waals surface area contributed by atoms with Gasteiger partial charge in [0.2, 0.25) is 0 Å². The van der Waals surface area contributed by atoms with E-state index in [0.717, 1.165) is 43.6 Å². The van der Waals surface area contributed by atoms with Gasteiger partial charge >= 0.3 is 0 Å². The highest BCUT2D eigenvalue weighted by Gasteiger charge is 2.22. The Bertz CT molecular complexity index is 458. The van der Waals surface area contributed by atoms with Crippen molar-refractivity contribution in [2.75, 3.05) is 18.0 Å². The minimum Gasteiger partial charge on any atom is -0.393 e. The molecule has 1 aliphatic rings. The van der Waals surface area contributed by atoms with Crippen molar-refractivity contribution >= 4 is 5.69 Å². The van der Waals surface area contributed by atoms with Crippen LogP contribution in [0.15, 0.2) is 18.2 Å². The maximum Gasteiger partial charge on any atom is 0.123 e. The normalized spacial score (nSPS) is 19.6. The molecule has 0 spiro atoms. The Morgan fingerprint density at radius 1 is 1.33 bits per heavy atom. The first kappa shape index (κ1) is 16.2. The molecule has 1 aliphatic heterocycles. The smallest absolute Gasteiger partial charge is 0.123 e. The van der Waals surface area contributed by atoms with E-state index in [0.29, 0.717) is 6.04 Å². The summed E-state index contributed by atoms with van der Waals surface area (Å²) in [6.45, 7) is 8.03. The van der Waals surface area contributed by atoms with Gasteiger partial charge in [0.1, 0.15) is 5.82 Å². The molecule has 0 bridgehead atoms. The van der Waals surface area contributed by atoms with E-state index in [1.54, 1.807) is 6.07 Å². The lowest BCUT2D eigenvalue weighted by molar-refractivity contribution is 0.145. The highest BCUT2D eigenvalue weighted by Crippen LogP contribution is 2.30. The molecule has 1 aromatic rings. The second-order valence-electron chi connectivity index (χ2n) is 6.12. The fraction of sp³-hybridized carbons (Fsp3) is 0.647. The summed E-state index contributed by atoms with van der Waals surface area (Å²) in [4.78, 5) is 2.26. The summed E-state index contributed by atoms with van der Waals surface area (Å²) in [5, 5.41) is 13.2. The molecule has 1 aromatic carbocycles. The van der Waals surface area contributed by atoms with Crippen molar-refractivity contribution in [1.29, 1.82) is 0 Å². The van der Waals surface area contributed by atoms with Crippen molar-refractivity contribution in [3.05, 3.63) is 29.6 Å². The van der Waals surface area contributed by atoms with Crippen LogP contribution in [0.4, 0.5) is 10.1 Å². The van der Waals surface area contributed by atoms with Gasteiger partial charge in [0.05, 0.1) is 6.10 Å². The van der Waals surface area contributed by atoms with Crippen LogP contribution in [0.3, 0.4) is 0 Å². The zero-order valence-electron chi connectivity index (χ0n) is 13.3. The van der Waals surface area contributed by atoms with Gasteiger partial charge in [0, 0.05) is 30.9 Å². The predicted octanol–water partition coefficient (Wildman–Crippen LogP) is 3.24. The van der Waals surface area contributed by atoms with Crippen LogP contribution in [0.25, 0.3) is 0 Å². The van der Waals surface area contributed by atoms with E-state index in [4.69, 9.17) is 0 Å². The van der Waals surface area contributed by atoms with E-state index in [2.05, 4.69) is 31.0 Å². The molecule has 0 saturated carbocycles. The Labute approximate surface area is 127 Å². The molecule has 1 fully saturated rings. The molecule has 118 valence electrons. The Balaban J connectivity index is 2.20. The van der Waals surface area contributed by atoms with E-state index >= 15 is 0 Å². The van der Waals surface area contributed by atoms with Crippen molar-refractivity contribution in [3.8, 4) is 0 Å². The molecule has 2 atom stereocenters. The summed E-state index contributed by atoms with van der Waals surface area (Å²) in [6.07, 6.45) is 2.42. The van der Waals surface area contributed by atoms with Crippen molar-refractivity contribution in [3.63, 3.8) is 0 Å². The van der Waals surface area contributed by atoms with Gasteiger partial charge in [-0.25, -0.2) is 4.39 Å². The van der Waals surface area contributed by atoms with Crippen LogP contribution < -0.4 is 10.2 Å². The molecule has 0 aromatic heterocycles. The number of hydrogen-bond acceptors (Lipinski definition) is 3. The average molecular weight is 294 g/mol. The molecule has 4 heteroatoms. The molecule has 1 heterocycles. The van der Waals surface area contributed by atoms with E-state index in [9.17, 15) is 9.50 Å². The first-order valence-electron chi connectivity index (χ1n) is 7.99. The Morgan fingerprint density at radius 3 is 2.62 bits per heavy atom. The van der Waals surface area contributed by atoms with Crippen molar-refractivity contribution in [2.24, 2.45) is 0 Å². The summed E-state index contributed by atoms with van der Waals surface area (Å²) >= 11 is 0. The molecule has 0 radical (unpaired) electrons. The molecular formula is C17H27FN2O. The van der Waals surface area contributed by atoms with Gasteiger partial charge in [-0.1, -0.05) is 6.92 Å². The molecule has 21 heavy (non-hydrogen) atoms. The van der Waals surface area contributed by atoms with Gasteiger partial charge in [-0.05, 0) is 56.9 Å². The van der Waals surface area contributed by atoms with Crippen molar-refractivity contribution in [2.45, 2.75) is 58.2 Å². The summed E-state index contributed by atoms with van der Waals surface area (Å²) in [5.74, 6) is -0.191. The zero-order chi connectivity index (χ0) is 15.4. The number of aliphatic hydroxyl groups is 1. The topological polar surface area (TPSA) is 35.5 Å². The van der Waals surface area contributed by atoms with Crippen LogP contribution in [-0.2, 0) is 0 Å². The highest BCUT2D eigenvalue weighted by atomic mass is 19.1. The fourth-order valence-corrected chi connectivity index (χ4v) is 2.90. The Hall–Kier alpha value is -1.13. The molecule has 0 aliphatic carbocycles. The lowest BCUT2D eigenvalue weighted by atomic mass is 10.0. The second-order valence-corrected chi connectivity index (χ2v) is 6.12. The van der Waals surface area contributed by atoms with Crippen LogP contribution in [0, 0.1) is 5.82 Å². The molecular weight excluding hydrogens is 267 g/mol. The standard InChI is InChI=1S/C17H27FN2O/c1-4-12(2)19-13(3)16-11-14(18)5-6-17(16)20-9-7-15(21)8-10-20/h5-6,11-13,15,19,21H,4,7-10H2,1-3H3. The van der Waals surface area contributed by atoms with Crippen LogP contribution in [-0.4, -0.2) is 30.3 Å². The average Bonchev–Trinajstić information content (AvgIpc) is 2.48. The fourth-order valence-electron chi connectivity index (χ4n) is 2.90. The lowest BCUT2D eigenvalue weighted by Gasteiger charge is -2.34. The maximum atomic E-state index is 13.7. The number of benzene rings is 1. The predicted molar refractivity (Wildman–Crippen MR) is 85.2 cm³/mol. The highest BCUT2D eigenvalue weighted by molar-refractivity contribution is 5.55. The number of aliphatic hydroxyl groups excluding tert-OH is 1. The van der Waals surface area contributed by atoms with E-state index in [-0.39, 0.29) is 18.0 Å². The number of hydrogen-bond donors (Lipinski definition) is 2. The first-order chi connectivity index (χ1) is 10.0. The van der Waals surface area contributed by atoms with Gasteiger partial charge < -0.3 is 15.3 Å². The summed E-state index contributed by atoms with van der Waals surface area (Å²) in [5.41, 5.74) is 2.10. The second kappa shape index (κ2) is 7.23. The molecule has 0 amide bonds. The van der Waals surface area contributed by atoms with Crippen LogP contribution in [0.5, 0.6) is 0 Å². The summed E-state index contributed by atoms with van der Waals surface area (Å²) in [6, 6.07) is 5.55. The van der Waals surface area contributed by atoms with Gasteiger partial charge in [-0.15, -0.1) is 0 Å². The third-order valence-corrected chi connectivity index (χ3v) is 4.41. The monoisotopic (exact) mass is 294 g/mol. The first-order valence-corrected chi connectivity index (χ1v) is 7.99. The van der Waals surface area contributed by atoms with Crippen LogP contribution in [0.1, 0.15) is 51.6 Å². The number of rotatable bonds is 5. The van der Waals surface area contributed by atoms with Crippen LogP contribution >= 0.6 is 0 Å².